The highest BCUT2D eigenvalue weighted by atomic mass is 32.1. The van der Waals surface area contributed by atoms with Gasteiger partial charge in [-0.15, -0.1) is 11.3 Å². The number of halogens is 3. The predicted molar refractivity (Wildman–Crippen MR) is 179 cm³/mol. The first-order valence-electron chi connectivity index (χ1n) is 16.3. The topological polar surface area (TPSA) is 148 Å². The van der Waals surface area contributed by atoms with Gasteiger partial charge in [-0.25, -0.2) is 4.39 Å². The fourth-order valence-electron chi connectivity index (χ4n) is 7.18. The van der Waals surface area contributed by atoms with Gasteiger partial charge in [0.25, 0.3) is 11.8 Å². The van der Waals surface area contributed by atoms with E-state index in [4.69, 9.17) is 9.79 Å². The van der Waals surface area contributed by atoms with Crippen LogP contribution in [0.2, 0.25) is 0 Å². The third-order valence-electron chi connectivity index (χ3n) is 9.87. The second kappa shape index (κ2) is 13.1. The number of nitrogens with one attached hydrogen (secondary N) is 1. The van der Waals surface area contributed by atoms with Crippen molar-refractivity contribution in [1.29, 1.82) is 0 Å². The van der Waals surface area contributed by atoms with Gasteiger partial charge in [0.1, 0.15) is 17.9 Å². The first-order chi connectivity index (χ1) is 23.4. The van der Waals surface area contributed by atoms with Gasteiger partial charge in [0.15, 0.2) is 0 Å². The van der Waals surface area contributed by atoms with E-state index in [0.29, 0.717) is 49.3 Å². The summed E-state index contributed by atoms with van der Waals surface area (Å²) in [5, 5.41) is 2.98. The van der Waals surface area contributed by atoms with Gasteiger partial charge in [0, 0.05) is 47.9 Å². The number of likely N-dealkylation sites (tertiary alicyclic amines) is 3. The molecule has 0 bridgehead atoms. The zero-order valence-electron chi connectivity index (χ0n) is 27.6. The average molecular weight is 735 g/mol. The molecule has 0 radical (unpaired) electrons. The summed E-state index contributed by atoms with van der Waals surface area (Å²) in [5.74, 6) is -1.86. The van der Waals surface area contributed by atoms with E-state index in [1.165, 1.54) is 41.3 Å². The summed E-state index contributed by atoms with van der Waals surface area (Å²) in [6, 6.07) is 7.80. The van der Waals surface area contributed by atoms with E-state index in [0.717, 1.165) is 29.9 Å². The van der Waals surface area contributed by atoms with Crippen molar-refractivity contribution < 1.29 is 46.7 Å². The largest absolute Gasteiger partial charge is 0.399 e. The molecule has 3 fully saturated rings. The quantitative estimate of drug-likeness (QED) is 0.296. The normalized spacial score (nSPS) is 21.8. The van der Waals surface area contributed by atoms with Crippen LogP contribution < -0.4 is 5.32 Å². The number of amides is 4. The van der Waals surface area contributed by atoms with Gasteiger partial charge in [0.2, 0.25) is 11.8 Å². The van der Waals surface area contributed by atoms with Crippen molar-refractivity contribution >= 4 is 52.6 Å². The Hall–Kier alpha value is -3.78. The second-order valence-electron chi connectivity index (χ2n) is 14.3. The van der Waals surface area contributed by atoms with Crippen LogP contribution in [0.3, 0.4) is 0 Å². The summed E-state index contributed by atoms with van der Waals surface area (Å²) < 4.78 is 53.9. The van der Waals surface area contributed by atoms with Crippen LogP contribution in [0.5, 0.6) is 0 Å². The minimum atomic E-state index is -5.79. The highest BCUT2D eigenvalue weighted by molar-refractivity contribution is 7.52. The highest BCUT2D eigenvalue weighted by Crippen LogP contribution is 2.59. The number of carbonyl (C=O) groups excluding carboxylic acids is 4. The summed E-state index contributed by atoms with van der Waals surface area (Å²) in [7, 11) is -5.79. The van der Waals surface area contributed by atoms with Crippen LogP contribution in [-0.2, 0) is 19.8 Å². The van der Waals surface area contributed by atoms with Crippen molar-refractivity contribution in [3.8, 4) is 0 Å². The molecular formula is C34H38F3N4O7PS. The molecule has 268 valence electrons. The number of thiophene rings is 1. The Labute approximate surface area is 290 Å². The lowest BCUT2D eigenvalue weighted by Gasteiger charge is -2.36. The Morgan fingerprint density at radius 2 is 1.66 bits per heavy atom. The van der Waals surface area contributed by atoms with Crippen LogP contribution in [0.25, 0.3) is 10.1 Å². The fraction of sp³-hybridized carbons (Fsp3) is 0.471. The van der Waals surface area contributed by atoms with Gasteiger partial charge >= 0.3 is 13.3 Å². The molecule has 50 heavy (non-hydrogen) atoms. The van der Waals surface area contributed by atoms with Gasteiger partial charge in [0.05, 0.1) is 10.9 Å². The van der Waals surface area contributed by atoms with Gasteiger partial charge in [-0.3, -0.25) is 23.7 Å². The van der Waals surface area contributed by atoms with Crippen molar-refractivity contribution in [1.82, 2.24) is 20.0 Å². The Morgan fingerprint density at radius 1 is 0.960 bits per heavy atom. The van der Waals surface area contributed by atoms with Crippen molar-refractivity contribution in [2.24, 2.45) is 11.3 Å². The molecule has 3 aromatic rings. The van der Waals surface area contributed by atoms with Crippen LogP contribution in [-0.4, -0.2) is 92.4 Å². The number of benzene rings is 2. The molecular weight excluding hydrogens is 696 g/mol. The summed E-state index contributed by atoms with van der Waals surface area (Å²) in [6.45, 7) is 6.95. The Bertz CT molecular complexity index is 1890. The molecule has 3 aliphatic heterocycles. The third-order valence-corrected chi connectivity index (χ3v) is 12.0. The highest BCUT2D eigenvalue weighted by Gasteiger charge is 2.51. The molecule has 4 amide bonds. The van der Waals surface area contributed by atoms with E-state index in [2.05, 4.69) is 5.32 Å². The lowest BCUT2D eigenvalue weighted by Crippen LogP contribution is -2.58. The Morgan fingerprint density at radius 3 is 2.32 bits per heavy atom. The molecule has 6 rings (SSSR count). The predicted octanol–water partition coefficient (Wildman–Crippen LogP) is 4.78. The SMILES string of the molecule is CC(C)(C)[C@H](NC(=O)c1cc2cc(C(F)(F)P(=O)(O)O)ccc2s1)C(=O)N1CCC[C@H]1C(=O)N1C[C@H]2CCN(C(=O)c3ccc(F)cc3)[C@H]2C1. The molecule has 3 N–H and O–H groups in total. The number of hydrogen-bond acceptors (Lipinski definition) is 6. The number of fused-ring (bicyclic) bond motifs is 2. The number of alkyl halides is 2. The minimum Gasteiger partial charge on any atom is -0.339 e. The maximum Gasteiger partial charge on any atom is 0.399 e. The standard InChI is InChI=1S/C34H38F3N4O7PS/c1-33(2,3)28(38-29(42)27-16-21-15-22(8-11-26(21)50-27)34(36,37)49(46,47)48)32(45)40-13-4-5-24(40)31(44)39-17-20-12-14-41(25(20)18-39)30(43)19-6-9-23(35)10-7-19/h6-11,15-16,20,24-25,28H,4-5,12-14,17-18H2,1-3H3,(H,38,42)(H2,46,47,48)/t20-,24+,25+,28-/m1/s1. The molecule has 1 aromatic heterocycles. The van der Waals surface area contributed by atoms with E-state index in [1.54, 1.807) is 30.6 Å². The van der Waals surface area contributed by atoms with Gasteiger partial charge in [-0.05, 0) is 72.5 Å². The number of nitrogens with zero attached hydrogens (tertiary/aromatic N) is 3. The Balaban J connectivity index is 1.15. The molecule has 0 saturated carbocycles. The van der Waals surface area contributed by atoms with Crippen molar-refractivity contribution in [2.45, 2.75) is 63.8 Å². The Kier molecular flexibility index (Phi) is 9.42. The smallest absolute Gasteiger partial charge is 0.339 e. The van der Waals surface area contributed by atoms with Gasteiger partial charge < -0.3 is 29.8 Å². The molecule has 0 spiro atoms. The monoisotopic (exact) mass is 734 g/mol. The third kappa shape index (κ3) is 6.68. The number of carbonyl (C=O) groups is 4. The lowest BCUT2D eigenvalue weighted by molar-refractivity contribution is -0.145. The van der Waals surface area contributed by atoms with Crippen LogP contribution in [0, 0.1) is 17.2 Å². The van der Waals surface area contributed by atoms with Crippen LogP contribution in [0.4, 0.5) is 13.2 Å². The fourth-order valence-corrected chi connectivity index (χ4v) is 8.60. The van der Waals surface area contributed by atoms with Crippen molar-refractivity contribution in [2.75, 3.05) is 26.2 Å². The second-order valence-corrected chi connectivity index (χ2v) is 17.0. The number of hydrogen-bond donors (Lipinski definition) is 3. The van der Waals surface area contributed by atoms with E-state index >= 15 is 0 Å². The van der Waals surface area contributed by atoms with Crippen LogP contribution >= 0.6 is 18.9 Å². The zero-order valence-corrected chi connectivity index (χ0v) is 29.4. The lowest BCUT2D eigenvalue weighted by atomic mass is 9.85. The van der Waals surface area contributed by atoms with Crippen molar-refractivity contribution in [3.05, 3.63) is 70.4 Å². The maximum absolute atomic E-state index is 14.3. The molecule has 2 aromatic carbocycles. The van der Waals surface area contributed by atoms with Crippen LogP contribution in [0.15, 0.2) is 48.5 Å². The summed E-state index contributed by atoms with van der Waals surface area (Å²) in [5.41, 5.74) is -5.71. The first-order valence-corrected chi connectivity index (χ1v) is 18.7. The summed E-state index contributed by atoms with van der Waals surface area (Å²) >= 11 is 0.979. The van der Waals surface area contributed by atoms with E-state index in [1.807, 2.05) is 0 Å². The zero-order chi connectivity index (χ0) is 36.3. The van der Waals surface area contributed by atoms with Crippen molar-refractivity contribution in [3.63, 3.8) is 0 Å². The molecule has 0 unspecified atom stereocenters. The molecule has 3 saturated heterocycles. The first kappa shape index (κ1) is 36.0. The van der Waals surface area contributed by atoms with Gasteiger partial charge in [-0.1, -0.05) is 26.8 Å². The average Bonchev–Trinajstić information content (AvgIpc) is 3.85. The minimum absolute atomic E-state index is 0.0796. The van der Waals surface area contributed by atoms with E-state index < -0.39 is 54.0 Å². The molecule has 3 aliphatic rings. The maximum atomic E-state index is 14.3. The molecule has 16 heteroatoms. The van der Waals surface area contributed by atoms with E-state index in [9.17, 15) is 36.9 Å². The molecule has 4 heterocycles. The van der Waals surface area contributed by atoms with E-state index in [-0.39, 0.29) is 34.0 Å². The molecule has 0 aliphatic carbocycles. The number of rotatable bonds is 7. The summed E-state index contributed by atoms with van der Waals surface area (Å²) in [6.07, 6.45) is 1.75. The summed E-state index contributed by atoms with van der Waals surface area (Å²) in [4.78, 5) is 78.1. The van der Waals surface area contributed by atoms with Crippen LogP contribution in [0.1, 0.15) is 65.6 Å². The molecule has 4 atom stereocenters. The van der Waals surface area contributed by atoms with Gasteiger partial charge in [-0.2, -0.15) is 8.78 Å². The molecule has 11 nitrogen and oxygen atoms in total.